The third-order valence-electron chi connectivity index (χ3n) is 11.8. The van der Waals surface area contributed by atoms with E-state index >= 15 is 0 Å². The highest BCUT2D eigenvalue weighted by Gasteiger charge is 2.44. The molecule has 2 aromatic heterocycles. The lowest BCUT2D eigenvalue weighted by atomic mass is 9.66. The molecule has 0 spiro atoms. The second-order valence-electron chi connectivity index (χ2n) is 15.0. The molecule has 3 aromatic rings. The van der Waals surface area contributed by atoms with E-state index in [9.17, 15) is 25.5 Å². The molecule has 1 fully saturated rings. The first-order chi connectivity index (χ1) is 24.7. The van der Waals surface area contributed by atoms with Gasteiger partial charge < -0.3 is 41.0 Å². The Balaban J connectivity index is 1.31. The number of hydrogen-bond donors (Lipinski definition) is 6. The van der Waals surface area contributed by atoms with Crippen molar-refractivity contribution in [3.63, 3.8) is 0 Å². The van der Waals surface area contributed by atoms with Crippen LogP contribution in [0.15, 0.2) is 67.0 Å². The highest BCUT2D eigenvalue weighted by atomic mass is 16.5. The number of aliphatic hydroxyl groups is 4. The third-order valence-corrected chi connectivity index (χ3v) is 11.8. The predicted molar refractivity (Wildman–Crippen MR) is 197 cm³/mol. The maximum atomic E-state index is 11.6. The van der Waals surface area contributed by atoms with Crippen molar-refractivity contribution in [3.05, 3.63) is 83.8 Å². The van der Waals surface area contributed by atoms with E-state index in [0.717, 1.165) is 68.2 Å². The summed E-state index contributed by atoms with van der Waals surface area (Å²) in [6.45, 7) is 1.63. The molecule has 2 heterocycles. The fraction of sp³-hybridized carbons (Fsp3) is 0.548. The maximum Gasteiger partial charge on any atom is 0.161 e. The Morgan fingerprint density at radius 2 is 1.82 bits per heavy atom. The van der Waals surface area contributed by atoms with E-state index in [1.54, 1.807) is 18.3 Å². The van der Waals surface area contributed by atoms with E-state index in [4.69, 9.17) is 15.5 Å². The van der Waals surface area contributed by atoms with Gasteiger partial charge >= 0.3 is 0 Å². The molecule has 9 atom stereocenters. The van der Waals surface area contributed by atoms with Gasteiger partial charge in [-0.3, -0.25) is 0 Å². The van der Waals surface area contributed by atoms with Crippen molar-refractivity contribution in [2.24, 2.45) is 17.8 Å². The normalized spacial score (nSPS) is 28.0. The Kier molecular flexibility index (Phi) is 12.1. The van der Waals surface area contributed by atoms with Crippen molar-refractivity contribution in [3.8, 4) is 23.3 Å². The molecular weight excluding hydrogens is 642 g/mol. The van der Waals surface area contributed by atoms with Crippen LogP contribution in [0.2, 0.25) is 0 Å². The third kappa shape index (κ3) is 8.31. The highest BCUT2D eigenvalue weighted by molar-refractivity contribution is 5.45. The SMILES string of the molecule is CC[C@H]1C#C[C@@H]2C=C[C@@H](c3ccc(O)c(O[C@H](C[C@H](c4ccnc(N)c4)C4(c5ccc[n-]5)CCCC4)[C@H](O)CO)c3)C[C@@H](O)[C@H]2[C@@H](O)CCCC1. The largest absolute Gasteiger partial charge is 0.667 e. The van der Waals surface area contributed by atoms with Crippen LogP contribution in [0.5, 0.6) is 11.5 Å². The summed E-state index contributed by atoms with van der Waals surface area (Å²) in [6.07, 6.45) is 13.1. The fourth-order valence-electron chi connectivity index (χ4n) is 8.93. The molecule has 274 valence electrons. The monoisotopic (exact) mass is 696 g/mol. The van der Waals surface area contributed by atoms with Crippen LogP contribution in [0.1, 0.15) is 106 Å². The van der Waals surface area contributed by atoms with Gasteiger partial charge in [0.2, 0.25) is 0 Å². The van der Waals surface area contributed by atoms with Crippen LogP contribution in [0.4, 0.5) is 5.82 Å². The predicted octanol–water partition coefficient (Wildman–Crippen LogP) is 5.71. The van der Waals surface area contributed by atoms with Crippen LogP contribution in [0.3, 0.4) is 0 Å². The molecule has 6 rings (SSSR count). The number of fused-ring (bicyclic) bond motifs is 1. The minimum absolute atomic E-state index is 0.0916. The standard InChI is InChI=1S/C42H54N3O6/c1-2-27-8-3-4-9-34(48)41-28(12-11-27)13-14-29(22-35(41)49)30-15-16-33(47)37(23-30)51-38(36(50)26-46)25-32(31-17-21-45-40(43)24-31)42(18-5-6-19-42)39-10-7-20-44-39/h7,10,13-17,20-21,23-24,27-29,32,34-36,38,41,46-50H,2-6,8-9,18-19,22,25-26H2,1H3,(H2,43,45)/q-1/t27-,28-,29-,32-,34+,35-,36-,38-,41-/m1/s1. The van der Waals surface area contributed by atoms with Crippen molar-refractivity contribution in [2.75, 3.05) is 12.3 Å². The van der Waals surface area contributed by atoms with Gasteiger partial charge in [0.1, 0.15) is 18.0 Å². The van der Waals surface area contributed by atoms with Crippen LogP contribution in [-0.4, -0.2) is 61.5 Å². The molecular formula is C42H54N3O6-. The summed E-state index contributed by atoms with van der Waals surface area (Å²) in [5.74, 6) is 6.57. The van der Waals surface area contributed by atoms with Crippen molar-refractivity contribution in [1.29, 1.82) is 0 Å². The topological polar surface area (TPSA) is 163 Å². The average molecular weight is 697 g/mol. The van der Waals surface area contributed by atoms with Crippen molar-refractivity contribution < 1.29 is 30.3 Å². The lowest BCUT2D eigenvalue weighted by molar-refractivity contribution is -0.0124. The number of ether oxygens (including phenoxy) is 1. The number of phenolic OH excluding ortho intramolecular Hbond substituents is 1. The Hall–Kier alpha value is -3.81. The van der Waals surface area contributed by atoms with Crippen LogP contribution < -0.4 is 15.5 Å². The van der Waals surface area contributed by atoms with Gasteiger partial charge in [0, 0.05) is 29.9 Å². The van der Waals surface area contributed by atoms with Gasteiger partial charge in [-0.25, -0.2) is 4.98 Å². The van der Waals surface area contributed by atoms with Gasteiger partial charge in [0.25, 0.3) is 0 Å². The number of anilines is 1. The number of benzene rings is 1. The number of pyridine rings is 1. The van der Waals surface area contributed by atoms with Gasteiger partial charge in [-0.2, -0.15) is 11.9 Å². The first-order valence-corrected chi connectivity index (χ1v) is 18.9. The zero-order valence-electron chi connectivity index (χ0n) is 29.6. The molecule has 0 aliphatic heterocycles. The summed E-state index contributed by atoms with van der Waals surface area (Å²) in [6, 6.07) is 13.0. The highest BCUT2D eigenvalue weighted by Crippen LogP contribution is 2.52. The van der Waals surface area contributed by atoms with Gasteiger partial charge in [-0.1, -0.05) is 74.8 Å². The van der Waals surface area contributed by atoms with Crippen molar-refractivity contribution >= 4 is 5.82 Å². The van der Waals surface area contributed by atoms with E-state index in [-0.39, 0.29) is 34.7 Å². The Labute approximate surface area is 302 Å². The molecule has 0 bridgehead atoms. The molecule has 0 amide bonds. The van der Waals surface area contributed by atoms with Crippen molar-refractivity contribution in [1.82, 2.24) is 9.97 Å². The van der Waals surface area contributed by atoms with E-state index < -0.39 is 36.9 Å². The van der Waals surface area contributed by atoms with E-state index in [2.05, 4.69) is 35.9 Å². The van der Waals surface area contributed by atoms with Crippen LogP contribution in [0.25, 0.3) is 0 Å². The number of hydrogen-bond acceptors (Lipinski definition) is 8. The zero-order chi connectivity index (χ0) is 36.0. The molecule has 1 aromatic carbocycles. The lowest BCUT2D eigenvalue weighted by Crippen LogP contribution is -2.41. The van der Waals surface area contributed by atoms with Gasteiger partial charge in [-0.05, 0) is 91.7 Å². The molecule has 9 heteroatoms. The summed E-state index contributed by atoms with van der Waals surface area (Å²) in [7, 11) is 0. The average Bonchev–Trinajstić information content (AvgIpc) is 3.83. The number of nitrogens with two attached hydrogens (primary N) is 1. The molecule has 51 heavy (non-hydrogen) atoms. The van der Waals surface area contributed by atoms with Crippen LogP contribution in [-0.2, 0) is 5.41 Å². The first-order valence-electron chi connectivity index (χ1n) is 18.9. The molecule has 0 unspecified atom stereocenters. The number of nitrogen functional groups attached to an aromatic ring is 1. The van der Waals surface area contributed by atoms with Gasteiger partial charge in [-0.15, -0.1) is 0 Å². The second kappa shape index (κ2) is 16.7. The molecule has 7 N–H and O–H groups in total. The van der Waals surface area contributed by atoms with Crippen LogP contribution >= 0.6 is 0 Å². The minimum atomic E-state index is -1.24. The smallest absolute Gasteiger partial charge is 0.161 e. The lowest BCUT2D eigenvalue weighted by Gasteiger charge is -2.43. The van der Waals surface area contributed by atoms with Gasteiger partial charge in [0.15, 0.2) is 11.5 Å². The summed E-state index contributed by atoms with van der Waals surface area (Å²) in [5.41, 5.74) is 8.61. The molecule has 9 nitrogen and oxygen atoms in total. The van der Waals surface area contributed by atoms with E-state index in [1.165, 1.54) is 0 Å². The molecule has 3 aliphatic rings. The Morgan fingerprint density at radius 1 is 1.02 bits per heavy atom. The molecule has 3 aliphatic carbocycles. The van der Waals surface area contributed by atoms with Crippen LogP contribution in [0, 0.1) is 29.6 Å². The molecule has 0 radical (unpaired) electrons. The molecule has 0 saturated heterocycles. The maximum absolute atomic E-state index is 11.6. The summed E-state index contributed by atoms with van der Waals surface area (Å²) in [5, 5.41) is 55.3. The number of nitrogens with zero attached hydrogens (tertiary/aromatic N) is 2. The number of aromatic hydroxyl groups is 1. The summed E-state index contributed by atoms with van der Waals surface area (Å²) in [4.78, 5) is 8.98. The van der Waals surface area contributed by atoms with E-state index in [1.807, 2.05) is 36.5 Å². The Morgan fingerprint density at radius 3 is 2.55 bits per heavy atom. The van der Waals surface area contributed by atoms with E-state index in [0.29, 0.717) is 31.0 Å². The Bertz CT molecular complexity index is 1660. The summed E-state index contributed by atoms with van der Waals surface area (Å²) < 4.78 is 6.51. The number of rotatable bonds is 11. The fourth-order valence-corrected chi connectivity index (χ4v) is 8.93. The quantitative estimate of drug-likeness (QED) is 0.109. The number of allylic oxidation sites excluding steroid dienone is 2. The number of aliphatic hydroxyl groups excluding tert-OH is 4. The first kappa shape index (κ1) is 37.0. The number of aromatic nitrogens is 2. The van der Waals surface area contributed by atoms with Crippen molar-refractivity contribution in [2.45, 2.75) is 119 Å². The number of phenols is 1. The zero-order valence-corrected chi connectivity index (χ0v) is 29.6. The second-order valence-corrected chi connectivity index (χ2v) is 15.0. The minimum Gasteiger partial charge on any atom is -0.667 e. The summed E-state index contributed by atoms with van der Waals surface area (Å²) >= 11 is 0. The molecule has 1 saturated carbocycles. The van der Waals surface area contributed by atoms with Gasteiger partial charge in [0.05, 0.1) is 18.8 Å².